The first-order valence-electron chi connectivity index (χ1n) is 7.97. The van der Waals surface area contributed by atoms with Crippen LogP contribution in [0, 0.1) is 0 Å². The number of ether oxygens (including phenoxy) is 1. The number of carbonyl (C=O) groups excluding carboxylic acids is 1. The number of nitrogens with one attached hydrogen (secondary N) is 1. The second-order valence-corrected chi connectivity index (χ2v) is 7.44. The second kappa shape index (κ2) is 7.89. The van der Waals surface area contributed by atoms with Gasteiger partial charge in [0.1, 0.15) is 5.75 Å². The molecule has 2 rings (SSSR count). The van der Waals surface area contributed by atoms with E-state index in [1.54, 1.807) is 19.2 Å². The van der Waals surface area contributed by atoms with E-state index in [1.165, 1.54) is 0 Å². The molecule has 0 spiro atoms. The van der Waals surface area contributed by atoms with E-state index >= 15 is 0 Å². The van der Waals surface area contributed by atoms with Crippen molar-refractivity contribution in [2.75, 3.05) is 26.0 Å². The van der Waals surface area contributed by atoms with Gasteiger partial charge < -0.3 is 9.26 Å². The number of hydrogen-bond donors (Lipinski definition) is 1. The van der Waals surface area contributed by atoms with Crippen LogP contribution in [0.25, 0.3) is 0 Å². The van der Waals surface area contributed by atoms with Crippen molar-refractivity contribution in [1.82, 2.24) is 10.1 Å². The quantitative estimate of drug-likeness (QED) is 0.845. The standard InChI is InChI=1S/C18H24ClN3O3/c1-18(2,3)15-9-17(25-21-15)20-16(23)11-22(4)10-12-8-13(19)6-7-14(12)24-5/h6-9H,10-11H2,1-5H3,(H,20,23). The van der Waals surface area contributed by atoms with Gasteiger partial charge in [0.15, 0.2) is 0 Å². The van der Waals surface area contributed by atoms with Crippen molar-refractivity contribution >= 4 is 23.4 Å². The van der Waals surface area contributed by atoms with E-state index in [-0.39, 0.29) is 17.9 Å². The fourth-order valence-corrected chi connectivity index (χ4v) is 2.52. The summed E-state index contributed by atoms with van der Waals surface area (Å²) in [5.41, 5.74) is 1.58. The van der Waals surface area contributed by atoms with Crippen LogP contribution in [-0.2, 0) is 16.8 Å². The van der Waals surface area contributed by atoms with E-state index in [1.807, 2.05) is 44.9 Å². The normalized spacial score (nSPS) is 11.6. The lowest BCUT2D eigenvalue weighted by Gasteiger charge is -2.17. The average Bonchev–Trinajstić information content (AvgIpc) is 2.95. The molecule has 0 atom stereocenters. The molecule has 0 radical (unpaired) electrons. The molecule has 0 aliphatic carbocycles. The molecular formula is C18H24ClN3O3. The smallest absolute Gasteiger partial charge is 0.240 e. The Bertz CT molecular complexity index is 737. The molecule has 0 bridgehead atoms. The summed E-state index contributed by atoms with van der Waals surface area (Å²) in [6, 6.07) is 7.17. The summed E-state index contributed by atoms with van der Waals surface area (Å²) in [5.74, 6) is 0.908. The number of aromatic nitrogens is 1. The summed E-state index contributed by atoms with van der Waals surface area (Å²) < 4.78 is 10.5. The minimum atomic E-state index is -0.180. The van der Waals surface area contributed by atoms with Crippen molar-refractivity contribution in [3.63, 3.8) is 0 Å². The third-order valence-corrected chi connectivity index (χ3v) is 3.87. The van der Waals surface area contributed by atoms with Crippen molar-refractivity contribution in [2.24, 2.45) is 0 Å². The highest BCUT2D eigenvalue weighted by Crippen LogP contribution is 2.25. The van der Waals surface area contributed by atoms with Crippen molar-refractivity contribution in [3.8, 4) is 5.75 Å². The number of rotatable bonds is 6. The maximum atomic E-state index is 12.2. The molecule has 6 nitrogen and oxygen atoms in total. The van der Waals surface area contributed by atoms with Gasteiger partial charge in [-0.15, -0.1) is 0 Å². The number of likely N-dealkylation sites (N-methyl/N-ethyl adjacent to an activating group) is 1. The summed E-state index contributed by atoms with van der Waals surface area (Å²) in [5, 5.41) is 7.34. The number of amides is 1. The zero-order valence-corrected chi connectivity index (χ0v) is 16.0. The fourth-order valence-electron chi connectivity index (χ4n) is 2.33. The maximum absolute atomic E-state index is 12.2. The van der Waals surface area contributed by atoms with Gasteiger partial charge in [-0.3, -0.25) is 15.0 Å². The molecule has 0 saturated heterocycles. The molecule has 0 fully saturated rings. The molecule has 0 aliphatic heterocycles. The lowest BCUT2D eigenvalue weighted by Crippen LogP contribution is -2.29. The first-order valence-corrected chi connectivity index (χ1v) is 8.35. The third-order valence-electron chi connectivity index (χ3n) is 3.64. The Morgan fingerprint density at radius 2 is 2.08 bits per heavy atom. The van der Waals surface area contributed by atoms with Gasteiger partial charge in [0.25, 0.3) is 0 Å². The van der Waals surface area contributed by atoms with Gasteiger partial charge in [-0.25, -0.2) is 0 Å². The van der Waals surface area contributed by atoms with Crippen LogP contribution in [0.1, 0.15) is 32.0 Å². The Balaban J connectivity index is 1.94. The van der Waals surface area contributed by atoms with Crippen LogP contribution in [0.5, 0.6) is 5.75 Å². The monoisotopic (exact) mass is 365 g/mol. The molecule has 0 unspecified atom stereocenters. The summed E-state index contributed by atoms with van der Waals surface area (Å²) in [4.78, 5) is 14.1. The van der Waals surface area contributed by atoms with Crippen LogP contribution >= 0.6 is 11.6 Å². The summed E-state index contributed by atoms with van der Waals surface area (Å²) >= 11 is 6.04. The van der Waals surface area contributed by atoms with Gasteiger partial charge in [0, 0.05) is 28.6 Å². The topological polar surface area (TPSA) is 67.6 Å². The van der Waals surface area contributed by atoms with Crippen LogP contribution in [0.2, 0.25) is 5.02 Å². The van der Waals surface area contributed by atoms with Crippen LogP contribution in [0.4, 0.5) is 5.88 Å². The molecule has 25 heavy (non-hydrogen) atoms. The Morgan fingerprint density at radius 1 is 1.36 bits per heavy atom. The molecule has 1 heterocycles. The third kappa shape index (κ3) is 5.47. The maximum Gasteiger partial charge on any atom is 0.240 e. The van der Waals surface area contributed by atoms with Gasteiger partial charge in [0.2, 0.25) is 11.8 Å². The van der Waals surface area contributed by atoms with E-state index in [9.17, 15) is 4.79 Å². The van der Waals surface area contributed by atoms with Crippen molar-refractivity contribution < 1.29 is 14.1 Å². The summed E-state index contributed by atoms with van der Waals surface area (Å²) in [6.07, 6.45) is 0. The molecule has 1 aromatic carbocycles. The Hall–Kier alpha value is -2.05. The van der Waals surface area contributed by atoms with E-state index in [0.717, 1.165) is 17.0 Å². The van der Waals surface area contributed by atoms with E-state index in [2.05, 4.69) is 10.5 Å². The van der Waals surface area contributed by atoms with Gasteiger partial charge in [-0.05, 0) is 25.2 Å². The zero-order chi connectivity index (χ0) is 18.6. The van der Waals surface area contributed by atoms with Crippen LogP contribution < -0.4 is 10.1 Å². The lowest BCUT2D eigenvalue weighted by molar-refractivity contribution is -0.117. The Morgan fingerprint density at radius 3 is 2.68 bits per heavy atom. The molecule has 7 heteroatoms. The summed E-state index contributed by atoms with van der Waals surface area (Å²) in [6.45, 7) is 6.82. The predicted molar refractivity (Wildman–Crippen MR) is 98.2 cm³/mol. The van der Waals surface area contributed by atoms with Gasteiger partial charge >= 0.3 is 0 Å². The van der Waals surface area contributed by atoms with Gasteiger partial charge in [-0.1, -0.05) is 37.5 Å². The molecule has 2 aromatic rings. The number of nitrogens with zero attached hydrogens (tertiary/aromatic N) is 2. The largest absolute Gasteiger partial charge is 0.496 e. The van der Waals surface area contributed by atoms with Crippen LogP contribution in [0.15, 0.2) is 28.8 Å². The van der Waals surface area contributed by atoms with E-state index < -0.39 is 0 Å². The van der Waals surface area contributed by atoms with Gasteiger partial charge in [0.05, 0.1) is 19.3 Å². The van der Waals surface area contributed by atoms with Crippen molar-refractivity contribution in [3.05, 3.63) is 40.5 Å². The minimum Gasteiger partial charge on any atom is -0.496 e. The number of anilines is 1. The number of methoxy groups -OCH3 is 1. The highest BCUT2D eigenvalue weighted by atomic mass is 35.5. The molecule has 1 aromatic heterocycles. The van der Waals surface area contributed by atoms with Gasteiger partial charge in [-0.2, -0.15) is 0 Å². The number of carbonyl (C=O) groups is 1. The average molecular weight is 366 g/mol. The van der Waals surface area contributed by atoms with E-state index in [4.69, 9.17) is 20.9 Å². The first kappa shape index (κ1) is 19.3. The fraction of sp³-hybridized carbons (Fsp3) is 0.444. The highest BCUT2D eigenvalue weighted by molar-refractivity contribution is 6.30. The minimum absolute atomic E-state index is 0.133. The second-order valence-electron chi connectivity index (χ2n) is 7.00. The molecule has 0 aliphatic rings. The lowest BCUT2D eigenvalue weighted by atomic mass is 9.92. The van der Waals surface area contributed by atoms with Crippen LogP contribution in [-0.4, -0.2) is 36.7 Å². The summed E-state index contributed by atoms with van der Waals surface area (Å²) in [7, 11) is 3.46. The number of hydrogen-bond acceptors (Lipinski definition) is 5. The molecule has 1 N–H and O–H groups in total. The predicted octanol–water partition coefficient (Wildman–Crippen LogP) is 3.70. The Kier molecular flexibility index (Phi) is 6.08. The highest BCUT2D eigenvalue weighted by Gasteiger charge is 2.20. The molecule has 136 valence electrons. The van der Waals surface area contributed by atoms with Crippen LogP contribution in [0.3, 0.4) is 0 Å². The number of halogens is 1. The molecular weight excluding hydrogens is 342 g/mol. The number of benzene rings is 1. The SMILES string of the molecule is COc1ccc(Cl)cc1CN(C)CC(=O)Nc1cc(C(C)(C)C)no1. The molecule has 1 amide bonds. The van der Waals surface area contributed by atoms with Crippen molar-refractivity contribution in [1.29, 1.82) is 0 Å². The molecule has 0 saturated carbocycles. The first-order chi connectivity index (χ1) is 11.7. The van der Waals surface area contributed by atoms with E-state index in [0.29, 0.717) is 17.5 Å². The zero-order valence-electron chi connectivity index (χ0n) is 15.2. The Labute approximate surface area is 153 Å². The van der Waals surface area contributed by atoms with Crippen molar-refractivity contribution in [2.45, 2.75) is 32.7 Å².